The number of benzene rings is 1. The van der Waals surface area contributed by atoms with E-state index in [2.05, 4.69) is 0 Å². The molecule has 0 bridgehead atoms. The first kappa shape index (κ1) is 11.1. The Morgan fingerprint density at radius 3 is 2.65 bits per heavy atom. The van der Waals surface area contributed by atoms with Gasteiger partial charge in [-0.05, 0) is 6.07 Å². The van der Waals surface area contributed by atoms with Gasteiger partial charge in [-0.2, -0.15) is 0 Å². The lowest BCUT2D eigenvalue weighted by Crippen LogP contribution is -2.23. The first-order valence-corrected chi connectivity index (χ1v) is 4.88. The van der Waals surface area contributed by atoms with Gasteiger partial charge in [-0.3, -0.25) is 14.4 Å². The molecule has 0 heterocycles. The normalized spacial score (nSPS) is 14.1. The van der Waals surface area contributed by atoms with E-state index in [1.54, 1.807) is 0 Å². The summed E-state index contributed by atoms with van der Waals surface area (Å²) in [6.45, 7) is 1.22. The van der Waals surface area contributed by atoms with Gasteiger partial charge in [-0.15, -0.1) is 0 Å². The third-order valence-corrected chi connectivity index (χ3v) is 2.32. The predicted octanol–water partition coefficient (Wildman–Crippen LogP) is 0.834. The number of allylic oxidation sites excluding steroid dienone is 2. The monoisotopic (exact) mass is 231 g/mol. The topological polar surface area (TPSA) is 86.5 Å². The van der Waals surface area contributed by atoms with Crippen molar-refractivity contribution in [3.05, 3.63) is 41.1 Å². The first-order chi connectivity index (χ1) is 8.00. The zero-order valence-electron chi connectivity index (χ0n) is 9.02. The lowest BCUT2D eigenvalue weighted by molar-refractivity contribution is -0.131. The zero-order chi connectivity index (χ0) is 12.6. The lowest BCUT2D eigenvalue weighted by atomic mass is 9.92. The van der Waals surface area contributed by atoms with Crippen molar-refractivity contribution in [2.45, 2.75) is 6.92 Å². The third kappa shape index (κ3) is 1.82. The second-order valence-electron chi connectivity index (χ2n) is 3.57. The summed E-state index contributed by atoms with van der Waals surface area (Å²) in [5, 5.41) is 0. The number of nitrogens with two attached hydrogens (primary N) is 1. The number of esters is 1. The average Bonchev–Trinajstić information content (AvgIpc) is 2.25. The number of ketones is 2. The van der Waals surface area contributed by atoms with Crippen molar-refractivity contribution in [2.75, 3.05) is 0 Å². The molecule has 1 aliphatic rings. The fourth-order valence-electron chi connectivity index (χ4n) is 1.64. The molecule has 86 valence electrons. The van der Waals surface area contributed by atoms with E-state index in [1.165, 1.54) is 25.1 Å². The van der Waals surface area contributed by atoms with Crippen LogP contribution in [0.3, 0.4) is 0 Å². The maximum atomic E-state index is 11.8. The molecule has 0 saturated carbocycles. The van der Waals surface area contributed by atoms with E-state index in [0.29, 0.717) is 0 Å². The molecule has 0 radical (unpaired) electrons. The number of ether oxygens (including phenoxy) is 1. The molecule has 0 spiro atoms. The number of carbonyl (C=O) groups is 3. The van der Waals surface area contributed by atoms with Crippen molar-refractivity contribution in [3.63, 3.8) is 0 Å². The highest BCUT2D eigenvalue weighted by atomic mass is 16.5. The quantitative estimate of drug-likeness (QED) is 0.571. The van der Waals surface area contributed by atoms with Gasteiger partial charge in [0, 0.05) is 18.6 Å². The van der Waals surface area contributed by atoms with Crippen LogP contribution in [0.25, 0.3) is 0 Å². The average molecular weight is 231 g/mol. The predicted molar refractivity (Wildman–Crippen MR) is 58.7 cm³/mol. The van der Waals surface area contributed by atoms with Gasteiger partial charge >= 0.3 is 5.97 Å². The molecule has 2 N–H and O–H groups in total. The van der Waals surface area contributed by atoms with E-state index in [0.717, 1.165) is 6.08 Å². The summed E-state index contributed by atoms with van der Waals surface area (Å²) in [6.07, 6.45) is 1.07. The lowest BCUT2D eigenvalue weighted by Gasteiger charge is -2.15. The number of carbonyl (C=O) groups excluding carboxylic acids is 3. The second-order valence-corrected chi connectivity index (χ2v) is 3.57. The fraction of sp³-hybridized carbons (Fsp3) is 0.0833. The molecule has 1 aromatic carbocycles. The SMILES string of the molecule is CC(=O)Oc1cccc2c1C(=O)C(N)=CC2=O. The molecule has 5 heteroatoms. The molecular formula is C12H9NO4. The van der Waals surface area contributed by atoms with Gasteiger partial charge in [0.05, 0.1) is 11.3 Å². The Kier molecular flexibility index (Phi) is 2.51. The van der Waals surface area contributed by atoms with Crippen LogP contribution in [0.15, 0.2) is 30.0 Å². The summed E-state index contributed by atoms with van der Waals surface area (Å²) in [4.78, 5) is 34.4. The van der Waals surface area contributed by atoms with Gasteiger partial charge in [0.15, 0.2) is 5.78 Å². The Morgan fingerprint density at radius 2 is 2.00 bits per heavy atom. The summed E-state index contributed by atoms with van der Waals surface area (Å²) >= 11 is 0. The second kappa shape index (κ2) is 3.86. The van der Waals surface area contributed by atoms with E-state index in [4.69, 9.17) is 10.5 Å². The van der Waals surface area contributed by atoms with Gasteiger partial charge in [0.25, 0.3) is 0 Å². The number of hydrogen-bond donors (Lipinski definition) is 1. The standard InChI is InChI=1S/C12H9NO4/c1-6(14)17-10-4-2-3-7-9(15)5-8(13)12(16)11(7)10/h2-5H,13H2,1H3. The van der Waals surface area contributed by atoms with Gasteiger partial charge in [0.2, 0.25) is 5.78 Å². The summed E-state index contributed by atoms with van der Waals surface area (Å²) < 4.78 is 4.88. The molecule has 0 saturated heterocycles. The van der Waals surface area contributed by atoms with Crippen LogP contribution < -0.4 is 10.5 Å². The van der Waals surface area contributed by atoms with Crippen molar-refractivity contribution in [2.24, 2.45) is 5.73 Å². The molecule has 0 aromatic heterocycles. The van der Waals surface area contributed by atoms with E-state index < -0.39 is 11.8 Å². The molecule has 17 heavy (non-hydrogen) atoms. The van der Waals surface area contributed by atoms with E-state index >= 15 is 0 Å². The van der Waals surface area contributed by atoms with Crippen LogP contribution in [0.2, 0.25) is 0 Å². The Hall–Kier alpha value is -2.43. The van der Waals surface area contributed by atoms with Gasteiger partial charge in [-0.25, -0.2) is 0 Å². The van der Waals surface area contributed by atoms with E-state index in [1.807, 2.05) is 0 Å². The first-order valence-electron chi connectivity index (χ1n) is 4.88. The van der Waals surface area contributed by atoms with Crippen molar-refractivity contribution in [1.29, 1.82) is 0 Å². The summed E-state index contributed by atoms with van der Waals surface area (Å²) in [5.41, 5.74) is 5.53. The van der Waals surface area contributed by atoms with Crippen LogP contribution in [-0.4, -0.2) is 17.5 Å². The summed E-state index contributed by atoms with van der Waals surface area (Å²) in [6, 6.07) is 4.48. The van der Waals surface area contributed by atoms with Gasteiger partial charge < -0.3 is 10.5 Å². The number of Topliss-reactive ketones (excluding diaryl/α,β-unsaturated/α-hetero) is 1. The Bertz CT molecular complexity index is 572. The van der Waals surface area contributed by atoms with Crippen molar-refractivity contribution in [3.8, 4) is 5.75 Å². The minimum atomic E-state index is -0.563. The molecule has 0 fully saturated rings. The molecule has 0 amide bonds. The minimum absolute atomic E-state index is 0.0488. The van der Waals surface area contributed by atoms with Crippen molar-refractivity contribution in [1.82, 2.24) is 0 Å². The van der Waals surface area contributed by atoms with E-state index in [-0.39, 0.29) is 28.4 Å². The molecular weight excluding hydrogens is 222 g/mol. The van der Waals surface area contributed by atoms with E-state index in [9.17, 15) is 14.4 Å². The van der Waals surface area contributed by atoms with Crippen LogP contribution in [0.4, 0.5) is 0 Å². The van der Waals surface area contributed by atoms with Crippen LogP contribution in [0, 0.1) is 0 Å². The highest BCUT2D eigenvalue weighted by Crippen LogP contribution is 2.28. The Balaban J connectivity index is 2.63. The maximum Gasteiger partial charge on any atom is 0.308 e. The number of fused-ring (bicyclic) bond motifs is 1. The van der Waals surface area contributed by atoms with Crippen LogP contribution in [0.1, 0.15) is 27.6 Å². The largest absolute Gasteiger partial charge is 0.426 e. The molecule has 5 nitrogen and oxygen atoms in total. The molecule has 1 aromatic rings. The summed E-state index contributed by atoms with van der Waals surface area (Å²) in [5.74, 6) is -1.38. The van der Waals surface area contributed by atoms with Crippen molar-refractivity contribution < 1.29 is 19.1 Å². The molecule has 1 aliphatic carbocycles. The van der Waals surface area contributed by atoms with Gasteiger partial charge in [-0.1, -0.05) is 12.1 Å². The molecule has 0 unspecified atom stereocenters. The number of rotatable bonds is 1. The highest BCUT2D eigenvalue weighted by molar-refractivity contribution is 6.25. The van der Waals surface area contributed by atoms with Crippen molar-refractivity contribution >= 4 is 17.5 Å². The Morgan fingerprint density at radius 1 is 1.29 bits per heavy atom. The Labute approximate surface area is 96.9 Å². The zero-order valence-corrected chi connectivity index (χ0v) is 9.02. The van der Waals surface area contributed by atoms with Gasteiger partial charge in [0.1, 0.15) is 5.75 Å². The smallest absolute Gasteiger partial charge is 0.308 e. The highest BCUT2D eigenvalue weighted by Gasteiger charge is 2.27. The third-order valence-electron chi connectivity index (χ3n) is 2.32. The van der Waals surface area contributed by atoms with Crippen LogP contribution >= 0.6 is 0 Å². The fourth-order valence-corrected chi connectivity index (χ4v) is 1.64. The number of hydrogen-bond acceptors (Lipinski definition) is 5. The molecule has 2 rings (SSSR count). The molecule has 0 aliphatic heterocycles. The summed E-state index contributed by atoms with van der Waals surface area (Å²) in [7, 11) is 0. The maximum absolute atomic E-state index is 11.8. The minimum Gasteiger partial charge on any atom is -0.426 e. The van der Waals surface area contributed by atoms with Crippen LogP contribution in [0.5, 0.6) is 5.75 Å². The molecule has 0 atom stereocenters. The van der Waals surface area contributed by atoms with Crippen LogP contribution in [-0.2, 0) is 4.79 Å².